The van der Waals surface area contributed by atoms with Gasteiger partial charge < -0.3 is 0 Å². The zero-order valence-corrected chi connectivity index (χ0v) is 13.5. The van der Waals surface area contributed by atoms with E-state index in [0.717, 1.165) is 24.2 Å². The third-order valence-corrected chi connectivity index (χ3v) is 4.70. The number of nitrogens with zero attached hydrogens (tertiary/aromatic N) is 3. The summed E-state index contributed by atoms with van der Waals surface area (Å²) < 4.78 is 3.20. The standard InChI is InChI=1S/C14H24BrN3/c1-10(2)7-8-18(12-5-6-12)9-13-14(15)11(3)16-17(13)4/h10,12H,5-9H2,1-4H3. The second kappa shape index (κ2) is 5.74. The summed E-state index contributed by atoms with van der Waals surface area (Å²) in [5, 5.41) is 4.48. The first kappa shape index (κ1) is 14.1. The van der Waals surface area contributed by atoms with Gasteiger partial charge in [-0.3, -0.25) is 9.58 Å². The maximum Gasteiger partial charge on any atom is 0.0739 e. The van der Waals surface area contributed by atoms with E-state index in [1.165, 1.54) is 36.0 Å². The Bertz CT molecular complexity index is 407. The predicted molar refractivity (Wildman–Crippen MR) is 78.5 cm³/mol. The topological polar surface area (TPSA) is 21.1 Å². The number of hydrogen-bond donors (Lipinski definition) is 0. The van der Waals surface area contributed by atoms with E-state index >= 15 is 0 Å². The Morgan fingerprint density at radius 2 is 2.11 bits per heavy atom. The molecule has 0 spiro atoms. The molecule has 0 saturated heterocycles. The van der Waals surface area contributed by atoms with Crippen molar-refractivity contribution in [1.82, 2.24) is 14.7 Å². The largest absolute Gasteiger partial charge is 0.295 e. The molecule has 0 aliphatic heterocycles. The van der Waals surface area contributed by atoms with E-state index < -0.39 is 0 Å². The zero-order valence-electron chi connectivity index (χ0n) is 11.9. The predicted octanol–water partition coefficient (Wildman–Crippen LogP) is 3.50. The Balaban J connectivity index is 2.04. The molecule has 1 saturated carbocycles. The Morgan fingerprint density at radius 1 is 1.44 bits per heavy atom. The molecule has 1 aromatic heterocycles. The molecular formula is C14H24BrN3. The maximum absolute atomic E-state index is 4.48. The van der Waals surface area contributed by atoms with Crippen LogP contribution in [0.15, 0.2) is 4.47 Å². The van der Waals surface area contributed by atoms with Gasteiger partial charge in [0.25, 0.3) is 0 Å². The molecule has 1 aromatic rings. The molecule has 0 N–H and O–H groups in total. The quantitative estimate of drug-likeness (QED) is 0.801. The van der Waals surface area contributed by atoms with Crippen LogP contribution >= 0.6 is 15.9 Å². The van der Waals surface area contributed by atoms with Crippen molar-refractivity contribution >= 4 is 15.9 Å². The van der Waals surface area contributed by atoms with Gasteiger partial charge in [-0.15, -0.1) is 0 Å². The van der Waals surface area contributed by atoms with E-state index in [-0.39, 0.29) is 0 Å². The molecular weight excluding hydrogens is 290 g/mol. The maximum atomic E-state index is 4.48. The molecule has 102 valence electrons. The van der Waals surface area contributed by atoms with E-state index in [9.17, 15) is 0 Å². The number of aryl methyl sites for hydroxylation is 2. The smallest absolute Gasteiger partial charge is 0.0739 e. The van der Waals surface area contributed by atoms with Crippen LogP contribution in [0, 0.1) is 12.8 Å². The van der Waals surface area contributed by atoms with Crippen molar-refractivity contribution < 1.29 is 0 Å². The van der Waals surface area contributed by atoms with Crippen molar-refractivity contribution in [2.75, 3.05) is 6.54 Å². The minimum atomic E-state index is 0.781. The van der Waals surface area contributed by atoms with Crippen LogP contribution in [0.3, 0.4) is 0 Å². The molecule has 0 amide bonds. The molecule has 0 aromatic carbocycles. The van der Waals surface area contributed by atoms with E-state index in [1.807, 2.05) is 11.7 Å². The van der Waals surface area contributed by atoms with Crippen molar-refractivity contribution in [3.8, 4) is 0 Å². The van der Waals surface area contributed by atoms with E-state index in [4.69, 9.17) is 0 Å². The van der Waals surface area contributed by atoms with Crippen molar-refractivity contribution in [1.29, 1.82) is 0 Å². The van der Waals surface area contributed by atoms with Gasteiger partial charge in [0.2, 0.25) is 0 Å². The normalized spacial score (nSPS) is 15.9. The van der Waals surface area contributed by atoms with Gasteiger partial charge in [0.05, 0.1) is 15.9 Å². The van der Waals surface area contributed by atoms with Crippen LogP contribution in [0.5, 0.6) is 0 Å². The number of halogens is 1. The molecule has 1 heterocycles. The van der Waals surface area contributed by atoms with Crippen LogP contribution in [-0.2, 0) is 13.6 Å². The summed E-state index contributed by atoms with van der Waals surface area (Å²) in [7, 11) is 2.04. The van der Waals surface area contributed by atoms with Crippen LogP contribution in [0.1, 0.15) is 44.5 Å². The van der Waals surface area contributed by atoms with Crippen molar-refractivity contribution in [3.63, 3.8) is 0 Å². The number of hydrogen-bond acceptors (Lipinski definition) is 2. The lowest BCUT2D eigenvalue weighted by atomic mass is 10.1. The Labute approximate surface area is 119 Å². The van der Waals surface area contributed by atoms with Crippen LogP contribution < -0.4 is 0 Å². The molecule has 1 aliphatic carbocycles. The summed E-state index contributed by atoms with van der Waals surface area (Å²) in [5.74, 6) is 0.781. The Kier molecular flexibility index (Phi) is 4.49. The molecule has 0 bridgehead atoms. The SMILES string of the molecule is Cc1nn(C)c(CN(CCC(C)C)C2CC2)c1Br. The van der Waals surface area contributed by atoms with Gasteiger partial charge in [0, 0.05) is 19.6 Å². The minimum Gasteiger partial charge on any atom is -0.295 e. The van der Waals surface area contributed by atoms with Crippen LogP contribution in [0.25, 0.3) is 0 Å². The summed E-state index contributed by atoms with van der Waals surface area (Å²) in [4.78, 5) is 2.63. The number of rotatable bonds is 6. The fourth-order valence-electron chi connectivity index (χ4n) is 2.30. The first-order valence-electron chi connectivity index (χ1n) is 6.91. The summed E-state index contributed by atoms with van der Waals surface area (Å²) >= 11 is 3.67. The fourth-order valence-corrected chi connectivity index (χ4v) is 2.76. The highest BCUT2D eigenvalue weighted by molar-refractivity contribution is 9.10. The summed E-state index contributed by atoms with van der Waals surface area (Å²) in [6.45, 7) is 8.89. The highest BCUT2D eigenvalue weighted by atomic mass is 79.9. The molecule has 3 nitrogen and oxygen atoms in total. The first-order valence-corrected chi connectivity index (χ1v) is 7.70. The minimum absolute atomic E-state index is 0.781. The zero-order chi connectivity index (χ0) is 13.3. The van der Waals surface area contributed by atoms with E-state index in [0.29, 0.717) is 0 Å². The Hall–Kier alpha value is -0.350. The fraction of sp³-hybridized carbons (Fsp3) is 0.786. The first-order chi connectivity index (χ1) is 8.49. The van der Waals surface area contributed by atoms with Crippen molar-refractivity contribution in [2.24, 2.45) is 13.0 Å². The molecule has 0 atom stereocenters. The van der Waals surface area contributed by atoms with Crippen LogP contribution in [0.2, 0.25) is 0 Å². The van der Waals surface area contributed by atoms with Gasteiger partial charge in [0.1, 0.15) is 0 Å². The van der Waals surface area contributed by atoms with Gasteiger partial charge in [-0.25, -0.2) is 0 Å². The van der Waals surface area contributed by atoms with Gasteiger partial charge in [-0.1, -0.05) is 13.8 Å². The second-order valence-corrected chi connectivity index (χ2v) is 6.65. The van der Waals surface area contributed by atoms with Gasteiger partial charge in [-0.05, 0) is 54.6 Å². The summed E-state index contributed by atoms with van der Waals surface area (Å²) in [6, 6.07) is 0.811. The highest BCUT2D eigenvalue weighted by Crippen LogP contribution is 2.31. The third kappa shape index (κ3) is 3.35. The lowest BCUT2D eigenvalue weighted by Crippen LogP contribution is -2.28. The van der Waals surface area contributed by atoms with E-state index in [2.05, 4.69) is 46.7 Å². The molecule has 2 rings (SSSR count). The monoisotopic (exact) mass is 313 g/mol. The lowest BCUT2D eigenvalue weighted by molar-refractivity contribution is 0.233. The molecule has 0 unspecified atom stereocenters. The van der Waals surface area contributed by atoms with Crippen molar-refractivity contribution in [3.05, 3.63) is 15.9 Å². The molecule has 1 fully saturated rings. The van der Waals surface area contributed by atoms with Gasteiger partial charge in [0.15, 0.2) is 0 Å². The molecule has 0 radical (unpaired) electrons. The highest BCUT2D eigenvalue weighted by Gasteiger charge is 2.30. The molecule has 4 heteroatoms. The van der Waals surface area contributed by atoms with Gasteiger partial charge >= 0.3 is 0 Å². The summed E-state index contributed by atoms with van der Waals surface area (Å²) in [6.07, 6.45) is 4.02. The van der Waals surface area contributed by atoms with Crippen molar-refractivity contribution in [2.45, 2.75) is 52.6 Å². The van der Waals surface area contributed by atoms with Gasteiger partial charge in [-0.2, -0.15) is 5.10 Å². The Morgan fingerprint density at radius 3 is 2.56 bits per heavy atom. The summed E-state index contributed by atoms with van der Waals surface area (Å²) in [5.41, 5.74) is 2.40. The lowest BCUT2D eigenvalue weighted by Gasteiger charge is -2.23. The average molecular weight is 314 g/mol. The molecule has 1 aliphatic rings. The molecule has 18 heavy (non-hydrogen) atoms. The van der Waals surface area contributed by atoms with E-state index in [1.54, 1.807) is 0 Å². The third-order valence-electron chi connectivity index (χ3n) is 3.67. The van der Waals surface area contributed by atoms with Crippen LogP contribution in [-0.4, -0.2) is 27.3 Å². The average Bonchev–Trinajstić information content (AvgIpc) is 3.08. The second-order valence-electron chi connectivity index (χ2n) is 5.85. The van der Waals surface area contributed by atoms with Crippen LogP contribution in [0.4, 0.5) is 0 Å². The number of aromatic nitrogens is 2.